The number of hydrogen-bond acceptors (Lipinski definition) is 2. The van der Waals surface area contributed by atoms with Crippen LogP contribution in [-0.4, -0.2) is 0 Å². The summed E-state index contributed by atoms with van der Waals surface area (Å²) in [4.78, 5) is 0. The molecule has 3 aliphatic rings. The zero-order chi connectivity index (χ0) is 24.0. The highest BCUT2D eigenvalue weighted by Gasteiger charge is 2.47. The van der Waals surface area contributed by atoms with Crippen LogP contribution in [0.25, 0.3) is 11.1 Å². The molecule has 0 heterocycles. The van der Waals surface area contributed by atoms with Crippen molar-refractivity contribution in [2.24, 2.45) is 10.8 Å². The largest absolute Gasteiger partial charge is 0.192 e. The van der Waals surface area contributed by atoms with Gasteiger partial charge in [0.25, 0.3) is 0 Å². The number of benzene rings is 2. The van der Waals surface area contributed by atoms with Crippen LogP contribution in [0.4, 0.5) is 0 Å². The number of aryl methyl sites for hydroxylation is 2. The smallest absolute Gasteiger partial charge is 0.101 e. The Balaban J connectivity index is 1.47. The van der Waals surface area contributed by atoms with E-state index < -0.39 is 0 Å². The second-order valence-electron chi connectivity index (χ2n) is 11.1. The summed E-state index contributed by atoms with van der Waals surface area (Å²) >= 11 is 0. The summed E-state index contributed by atoms with van der Waals surface area (Å²) in [6, 6.07) is 17.4. The molecule has 2 heteroatoms. The molecule has 0 radical (unpaired) electrons. The number of rotatable bonds is 10. The molecule has 0 atom stereocenters. The number of fused-ring (bicyclic) bond motifs is 3. The first-order valence-corrected chi connectivity index (χ1v) is 13.6. The van der Waals surface area contributed by atoms with Crippen molar-refractivity contribution < 1.29 is 0 Å². The summed E-state index contributed by atoms with van der Waals surface area (Å²) in [5, 5.41) is 20.0. The van der Waals surface area contributed by atoms with Gasteiger partial charge in [-0.05, 0) is 91.7 Å². The van der Waals surface area contributed by atoms with Crippen molar-refractivity contribution in [1.29, 1.82) is 10.5 Å². The van der Waals surface area contributed by atoms with Gasteiger partial charge in [-0.15, -0.1) is 0 Å². The van der Waals surface area contributed by atoms with E-state index in [2.05, 4.69) is 62.4 Å². The molecule has 3 aliphatic carbocycles. The molecule has 0 saturated heterocycles. The van der Waals surface area contributed by atoms with Gasteiger partial charge in [0.1, 0.15) is 12.1 Å². The summed E-state index contributed by atoms with van der Waals surface area (Å²) in [6.45, 7) is 4.48. The zero-order valence-corrected chi connectivity index (χ0v) is 21.3. The van der Waals surface area contributed by atoms with Crippen LogP contribution in [0.5, 0.6) is 0 Å². The van der Waals surface area contributed by atoms with E-state index in [0.29, 0.717) is 22.0 Å². The van der Waals surface area contributed by atoms with Gasteiger partial charge in [-0.1, -0.05) is 75.9 Å². The molecule has 0 aliphatic heterocycles. The molecule has 2 aromatic rings. The molecule has 5 rings (SSSR count). The molecule has 2 aromatic carbocycles. The molecule has 0 spiro atoms. The summed E-state index contributed by atoms with van der Waals surface area (Å²) in [5.74, 6) is 0. The molecule has 0 N–H and O–H groups in total. The highest BCUT2D eigenvalue weighted by atomic mass is 14.5. The minimum atomic E-state index is 0.458. The third-order valence-electron chi connectivity index (χ3n) is 9.11. The van der Waals surface area contributed by atoms with E-state index >= 15 is 0 Å². The second-order valence-corrected chi connectivity index (χ2v) is 11.1. The van der Waals surface area contributed by atoms with Gasteiger partial charge in [0.2, 0.25) is 0 Å². The molecule has 3 saturated carbocycles. The Bertz CT molecular complexity index is 1040. The molecule has 0 unspecified atom stereocenters. The average molecular weight is 453 g/mol. The van der Waals surface area contributed by atoms with Crippen molar-refractivity contribution in [2.75, 3.05) is 0 Å². The molecule has 178 valence electrons. The Labute approximate surface area is 207 Å². The quantitative estimate of drug-likeness (QED) is 0.338. The highest BCUT2D eigenvalue weighted by molar-refractivity contribution is 5.75. The van der Waals surface area contributed by atoms with Gasteiger partial charge in [0.05, 0.1) is 11.1 Å². The third-order valence-corrected chi connectivity index (χ3v) is 9.11. The van der Waals surface area contributed by atoms with E-state index in [1.165, 1.54) is 69.8 Å². The maximum atomic E-state index is 10.0. The molecule has 0 aromatic heterocycles. The minimum absolute atomic E-state index is 0.458. The van der Waals surface area contributed by atoms with Crippen LogP contribution in [0, 0.1) is 33.5 Å². The second kappa shape index (κ2) is 10.8. The molecule has 0 amide bonds. The van der Waals surface area contributed by atoms with Crippen LogP contribution in [0.3, 0.4) is 0 Å². The monoisotopic (exact) mass is 452 g/mol. The first kappa shape index (κ1) is 24.5. The molecule has 34 heavy (non-hydrogen) atoms. The van der Waals surface area contributed by atoms with Gasteiger partial charge in [-0.3, -0.25) is 0 Å². The fourth-order valence-electron chi connectivity index (χ4n) is 6.72. The van der Waals surface area contributed by atoms with E-state index in [4.69, 9.17) is 0 Å². The molecular formula is C32H40N2. The van der Waals surface area contributed by atoms with Gasteiger partial charge >= 0.3 is 0 Å². The number of unbranched alkanes of at least 4 members (excludes halogenated alkanes) is 2. The predicted molar refractivity (Wildman–Crippen MR) is 140 cm³/mol. The zero-order valence-electron chi connectivity index (χ0n) is 21.3. The van der Waals surface area contributed by atoms with E-state index in [1.54, 1.807) is 0 Å². The van der Waals surface area contributed by atoms with Crippen molar-refractivity contribution in [3.63, 3.8) is 0 Å². The Hall–Kier alpha value is -2.58. The minimum Gasteiger partial charge on any atom is -0.192 e. The van der Waals surface area contributed by atoms with Crippen molar-refractivity contribution >= 4 is 0 Å². The van der Waals surface area contributed by atoms with Crippen molar-refractivity contribution in [2.45, 2.75) is 104 Å². The first-order valence-electron chi connectivity index (χ1n) is 13.6. The van der Waals surface area contributed by atoms with Crippen molar-refractivity contribution in [3.8, 4) is 23.3 Å². The Morgan fingerprint density at radius 3 is 1.85 bits per heavy atom. The summed E-state index contributed by atoms with van der Waals surface area (Å²) in [6.07, 6.45) is 18.1. The van der Waals surface area contributed by atoms with Crippen LogP contribution in [0.1, 0.15) is 113 Å². The fourth-order valence-corrected chi connectivity index (χ4v) is 6.72. The number of nitrogens with zero attached hydrogens (tertiary/aromatic N) is 2. The van der Waals surface area contributed by atoms with E-state index in [1.807, 2.05) is 0 Å². The Morgan fingerprint density at radius 1 is 0.676 bits per heavy atom. The molecular weight excluding hydrogens is 412 g/mol. The maximum Gasteiger partial charge on any atom is 0.101 e. The fraction of sp³-hybridized carbons (Fsp3) is 0.562. The summed E-state index contributed by atoms with van der Waals surface area (Å²) < 4.78 is 0. The van der Waals surface area contributed by atoms with E-state index in [9.17, 15) is 10.5 Å². The lowest BCUT2D eigenvalue weighted by molar-refractivity contribution is -0.0204. The SMILES string of the molecule is CCCCCC12CCC(CCc3ccc(-c4ccc(CCC)cc4)c(C#N)c3C#N)(CC1)CC2. The third kappa shape index (κ3) is 5.08. The van der Waals surface area contributed by atoms with E-state index in [-0.39, 0.29) is 0 Å². The number of hydrogen-bond donors (Lipinski definition) is 0. The normalized spacial score (nSPS) is 23.4. The van der Waals surface area contributed by atoms with Gasteiger partial charge in [-0.25, -0.2) is 0 Å². The van der Waals surface area contributed by atoms with Crippen LogP contribution >= 0.6 is 0 Å². The van der Waals surface area contributed by atoms with Gasteiger partial charge < -0.3 is 0 Å². The lowest BCUT2D eigenvalue weighted by atomic mass is 9.51. The summed E-state index contributed by atoms with van der Waals surface area (Å²) in [5.41, 5.74) is 6.52. The number of nitriles is 2. The Morgan fingerprint density at radius 2 is 1.29 bits per heavy atom. The maximum absolute atomic E-state index is 10.0. The standard InChI is InChI=1S/C32H40N2/c1-3-5-6-15-31-17-20-32(21-18-31,22-19-31)16-14-27-12-13-28(30(24-34)29(27)23-33)26-10-8-25(7-4-2)9-11-26/h8-13H,3-7,14-22H2,1-2H3. The van der Waals surface area contributed by atoms with Gasteiger partial charge in [0.15, 0.2) is 0 Å². The van der Waals surface area contributed by atoms with Crippen molar-refractivity contribution in [1.82, 2.24) is 0 Å². The molecule has 2 nitrogen and oxygen atoms in total. The molecule has 3 fully saturated rings. The van der Waals surface area contributed by atoms with Crippen LogP contribution in [-0.2, 0) is 12.8 Å². The Kier molecular flexibility index (Phi) is 7.78. The highest BCUT2D eigenvalue weighted by Crippen LogP contribution is 2.60. The average Bonchev–Trinajstić information content (AvgIpc) is 2.89. The lowest BCUT2D eigenvalue weighted by Gasteiger charge is -2.54. The van der Waals surface area contributed by atoms with Crippen LogP contribution in [0.15, 0.2) is 36.4 Å². The molecule has 2 bridgehead atoms. The topological polar surface area (TPSA) is 47.6 Å². The van der Waals surface area contributed by atoms with Crippen molar-refractivity contribution in [3.05, 3.63) is 58.7 Å². The van der Waals surface area contributed by atoms with Gasteiger partial charge in [-0.2, -0.15) is 10.5 Å². The van der Waals surface area contributed by atoms with Crippen LogP contribution in [0.2, 0.25) is 0 Å². The predicted octanol–water partition coefficient (Wildman–Crippen LogP) is 8.90. The van der Waals surface area contributed by atoms with Crippen LogP contribution < -0.4 is 0 Å². The summed E-state index contributed by atoms with van der Waals surface area (Å²) in [7, 11) is 0. The van der Waals surface area contributed by atoms with Gasteiger partial charge in [0, 0.05) is 5.56 Å². The lowest BCUT2D eigenvalue weighted by Crippen LogP contribution is -2.41. The first-order chi connectivity index (χ1) is 16.6. The van der Waals surface area contributed by atoms with E-state index in [0.717, 1.165) is 42.4 Å².